The second-order valence-corrected chi connectivity index (χ2v) is 6.97. The molecule has 0 aliphatic rings. The summed E-state index contributed by atoms with van der Waals surface area (Å²) in [6, 6.07) is 5.65. The third-order valence-corrected chi connectivity index (χ3v) is 3.53. The molecule has 2 rings (SSSR count). The Labute approximate surface area is 136 Å². The fraction of sp³-hybridized carbons (Fsp3) is 0.471. The number of halogens is 1. The van der Waals surface area contributed by atoms with E-state index in [4.69, 9.17) is 16.3 Å². The molecule has 0 amide bonds. The van der Waals surface area contributed by atoms with Crippen molar-refractivity contribution >= 4 is 22.4 Å². The average molecular weight is 323 g/mol. The summed E-state index contributed by atoms with van der Waals surface area (Å²) in [6.45, 7) is 8.80. The molecule has 22 heavy (non-hydrogen) atoms. The number of hydrogen-bond donors (Lipinski definition) is 2. The van der Waals surface area contributed by atoms with E-state index in [1.807, 2.05) is 25.1 Å². The molecular weight excluding hydrogens is 300 g/mol. The zero-order chi connectivity index (χ0) is 16.3. The van der Waals surface area contributed by atoms with Gasteiger partial charge >= 0.3 is 0 Å². The summed E-state index contributed by atoms with van der Waals surface area (Å²) >= 11 is 6.06. The molecule has 1 heterocycles. The van der Waals surface area contributed by atoms with Gasteiger partial charge in [0.25, 0.3) is 0 Å². The molecule has 120 valence electrons. The SMILES string of the molecule is Cc1cnc(OCC(O)CNC(C)(C)C)c2cc(Cl)ccc12. The molecule has 0 bridgehead atoms. The first-order valence-corrected chi connectivity index (χ1v) is 7.75. The van der Waals surface area contributed by atoms with Crippen LogP contribution in [0.4, 0.5) is 0 Å². The molecule has 0 radical (unpaired) electrons. The van der Waals surface area contributed by atoms with Crippen molar-refractivity contribution in [2.75, 3.05) is 13.2 Å². The van der Waals surface area contributed by atoms with Crippen molar-refractivity contribution in [1.29, 1.82) is 0 Å². The van der Waals surface area contributed by atoms with Crippen molar-refractivity contribution < 1.29 is 9.84 Å². The molecule has 0 fully saturated rings. The minimum Gasteiger partial charge on any atom is -0.474 e. The van der Waals surface area contributed by atoms with E-state index < -0.39 is 6.10 Å². The Morgan fingerprint density at radius 2 is 2.05 bits per heavy atom. The average Bonchev–Trinajstić information content (AvgIpc) is 2.43. The van der Waals surface area contributed by atoms with Gasteiger partial charge in [-0.1, -0.05) is 17.7 Å². The summed E-state index contributed by atoms with van der Waals surface area (Å²) in [5, 5.41) is 15.8. The van der Waals surface area contributed by atoms with Crippen LogP contribution in [0, 0.1) is 6.92 Å². The zero-order valence-electron chi connectivity index (χ0n) is 13.5. The Balaban J connectivity index is 2.09. The molecule has 2 aromatic rings. The second kappa shape index (κ2) is 6.82. The quantitative estimate of drug-likeness (QED) is 0.886. The van der Waals surface area contributed by atoms with Crippen molar-refractivity contribution in [3.05, 3.63) is 35.0 Å². The van der Waals surface area contributed by atoms with E-state index in [0.717, 1.165) is 16.3 Å². The molecule has 0 saturated carbocycles. The van der Waals surface area contributed by atoms with Gasteiger partial charge in [-0.25, -0.2) is 4.98 Å². The van der Waals surface area contributed by atoms with Crippen LogP contribution in [0.1, 0.15) is 26.3 Å². The number of aliphatic hydroxyl groups excluding tert-OH is 1. The Hall–Kier alpha value is -1.36. The van der Waals surface area contributed by atoms with E-state index in [1.165, 1.54) is 0 Å². The molecule has 5 heteroatoms. The van der Waals surface area contributed by atoms with E-state index >= 15 is 0 Å². The van der Waals surface area contributed by atoms with Crippen LogP contribution in [0.15, 0.2) is 24.4 Å². The highest BCUT2D eigenvalue weighted by molar-refractivity contribution is 6.31. The van der Waals surface area contributed by atoms with Crippen LogP contribution < -0.4 is 10.1 Å². The lowest BCUT2D eigenvalue weighted by atomic mass is 10.1. The van der Waals surface area contributed by atoms with Crippen LogP contribution in [0.25, 0.3) is 10.8 Å². The number of ether oxygens (including phenoxy) is 1. The maximum absolute atomic E-state index is 10.0. The molecule has 4 nitrogen and oxygen atoms in total. The van der Waals surface area contributed by atoms with Gasteiger partial charge in [0.2, 0.25) is 5.88 Å². The minimum atomic E-state index is -0.600. The minimum absolute atomic E-state index is 0.0384. The van der Waals surface area contributed by atoms with Gasteiger partial charge in [-0.3, -0.25) is 0 Å². The van der Waals surface area contributed by atoms with Crippen molar-refractivity contribution in [3.63, 3.8) is 0 Å². The number of benzene rings is 1. The number of aryl methyl sites for hydroxylation is 1. The van der Waals surface area contributed by atoms with E-state index in [2.05, 4.69) is 31.1 Å². The highest BCUT2D eigenvalue weighted by atomic mass is 35.5. The predicted molar refractivity (Wildman–Crippen MR) is 90.7 cm³/mol. The van der Waals surface area contributed by atoms with Crippen LogP contribution in [0.5, 0.6) is 5.88 Å². The lowest BCUT2D eigenvalue weighted by molar-refractivity contribution is 0.0986. The van der Waals surface area contributed by atoms with Crippen LogP contribution in [-0.4, -0.2) is 34.9 Å². The van der Waals surface area contributed by atoms with E-state index in [1.54, 1.807) is 6.20 Å². The van der Waals surface area contributed by atoms with Gasteiger partial charge in [0, 0.05) is 28.7 Å². The second-order valence-electron chi connectivity index (χ2n) is 6.53. The zero-order valence-corrected chi connectivity index (χ0v) is 14.2. The highest BCUT2D eigenvalue weighted by Gasteiger charge is 2.14. The number of fused-ring (bicyclic) bond motifs is 1. The Bertz CT molecular complexity index is 653. The molecule has 0 aliphatic heterocycles. The van der Waals surface area contributed by atoms with Gasteiger partial charge in [0.15, 0.2) is 0 Å². The fourth-order valence-corrected chi connectivity index (χ4v) is 2.28. The van der Waals surface area contributed by atoms with Gasteiger partial charge in [-0.05, 0) is 50.8 Å². The molecule has 1 atom stereocenters. The third-order valence-electron chi connectivity index (χ3n) is 3.29. The van der Waals surface area contributed by atoms with Crippen molar-refractivity contribution in [2.24, 2.45) is 0 Å². The Morgan fingerprint density at radius 1 is 1.32 bits per heavy atom. The maximum Gasteiger partial charge on any atom is 0.221 e. The molecule has 1 aromatic heterocycles. The van der Waals surface area contributed by atoms with Crippen LogP contribution in [0.2, 0.25) is 5.02 Å². The number of rotatable bonds is 5. The lowest BCUT2D eigenvalue weighted by Crippen LogP contribution is -2.42. The number of aromatic nitrogens is 1. The summed E-state index contributed by atoms with van der Waals surface area (Å²) in [4.78, 5) is 4.32. The van der Waals surface area contributed by atoms with Crippen LogP contribution in [-0.2, 0) is 0 Å². The number of nitrogens with zero attached hydrogens (tertiary/aromatic N) is 1. The van der Waals surface area contributed by atoms with Gasteiger partial charge < -0.3 is 15.2 Å². The van der Waals surface area contributed by atoms with E-state index in [-0.39, 0.29) is 12.1 Å². The topological polar surface area (TPSA) is 54.4 Å². The molecule has 1 unspecified atom stereocenters. The Morgan fingerprint density at radius 3 is 2.73 bits per heavy atom. The molecule has 1 aromatic carbocycles. The first-order chi connectivity index (χ1) is 10.3. The monoisotopic (exact) mass is 322 g/mol. The molecule has 0 aliphatic carbocycles. The molecule has 0 spiro atoms. The van der Waals surface area contributed by atoms with Crippen LogP contribution >= 0.6 is 11.6 Å². The van der Waals surface area contributed by atoms with E-state index in [9.17, 15) is 5.11 Å². The van der Waals surface area contributed by atoms with Gasteiger partial charge in [0.05, 0.1) is 0 Å². The number of pyridine rings is 1. The lowest BCUT2D eigenvalue weighted by Gasteiger charge is -2.23. The summed E-state index contributed by atoms with van der Waals surface area (Å²) in [5.41, 5.74) is 1.03. The number of hydrogen-bond acceptors (Lipinski definition) is 4. The number of β-amino-alcohol motifs (C(OH)–C–C–N with tert-alkyl or cyclic N) is 1. The number of nitrogens with one attached hydrogen (secondary N) is 1. The summed E-state index contributed by atoms with van der Waals surface area (Å²) in [7, 11) is 0. The summed E-state index contributed by atoms with van der Waals surface area (Å²) in [6.07, 6.45) is 1.17. The predicted octanol–water partition coefficient (Wildman–Crippen LogP) is 3.32. The maximum atomic E-state index is 10.0. The molecule has 0 saturated heterocycles. The third kappa shape index (κ3) is 4.57. The van der Waals surface area contributed by atoms with Crippen molar-refractivity contribution in [1.82, 2.24) is 10.3 Å². The van der Waals surface area contributed by atoms with Crippen molar-refractivity contribution in [3.8, 4) is 5.88 Å². The number of aliphatic hydroxyl groups is 1. The molecular formula is C17H23ClN2O2. The smallest absolute Gasteiger partial charge is 0.221 e. The highest BCUT2D eigenvalue weighted by Crippen LogP contribution is 2.28. The Kier molecular flexibility index (Phi) is 5.27. The summed E-state index contributed by atoms with van der Waals surface area (Å²) in [5.74, 6) is 0.498. The van der Waals surface area contributed by atoms with Gasteiger partial charge in [-0.15, -0.1) is 0 Å². The van der Waals surface area contributed by atoms with Crippen molar-refractivity contribution in [2.45, 2.75) is 39.3 Å². The molecule has 2 N–H and O–H groups in total. The first-order valence-electron chi connectivity index (χ1n) is 7.37. The fourth-order valence-electron chi connectivity index (χ4n) is 2.10. The van der Waals surface area contributed by atoms with Crippen LogP contribution in [0.3, 0.4) is 0 Å². The first kappa shape index (κ1) is 17.0. The normalized spacial score (nSPS) is 13.4. The largest absolute Gasteiger partial charge is 0.474 e. The standard InChI is InChI=1S/C17H23ClN2O2/c1-11-8-19-16(15-7-12(18)5-6-14(11)15)22-10-13(21)9-20-17(2,3)4/h5-8,13,20-21H,9-10H2,1-4H3. The van der Waals surface area contributed by atoms with E-state index in [0.29, 0.717) is 17.4 Å². The van der Waals surface area contributed by atoms with Gasteiger partial charge in [-0.2, -0.15) is 0 Å². The summed E-state index contributed by atoms with van der Waals surface area (Å²) < 4.78 is 5.70. The van der Waals surface area contributed by atoms with Gasteiger partial charge in [0.1, 0.15) is 12.7 Å².